The van der Waals surface area contributed by atoms with Crippen LogP contribution >= 0.6 is 0 Å². The van der Waals surface area contributed by atoms with Crippen LogP contribution < -0.4 is 10.2 Å². The molecule has 1 N–H and O–H groups in total. The third-order valence-corrected chi connectivity index (χ3v) is 7.32. The molecule has 5 aliphatic rings. The van der Waals surface area contributed by atoms with Crippen molar-refractivity contribution in [1.82, 2.24) is 5.32 Å². The summed E-state index contributed by atoms with van der Waals surface area (Å²) in [5.41, 5.74) is 2.08. The standard InChI is InChI=1S/C22H28N2O2/c25-20-2-1-7-24(20)19-5-3-14(4-6-19)13-23-22(26)21-17-9-15-8-16(11-17)12-18(21)10-15/h3-6,15-18,21H,1-2,7-13H2,(H,23,26). The van der Waals surface area contributed by atoms with E-state index in [1.807, 2.05) is 29.2 Å². The fourth-order valence-electron chi connectivity index (χ4n) is 6.38. The van der Waals surface area contributed by atoms with Crippen LogP contribution in [0.1, 0.15) is 50.5 Å². The average Bonchev–Trinajstić information content (AvgIpc) is 3.05. The molecule has 1 aromatic rings. The SMILES string of the molecule is O=C(NCc1ccc(N2CCCC2=O)cc1)C1C2CC3CC(C2)CC1C3. The molecule has 4 aliphatic carbocycles. The van der Waals surface area contributed by atoms with E-state index in [2.05, 4.69) is 5.32 Å². The van der Waals surface area contributed by atoms with Gasteiger partial charge in [-0.2, -0.15) is 0 Å². The van der Waals surface area contributed by atoms with Crippen molar-refractivity contribution >= 4 is 17.5 Å². The molecule has 0 aromatic heterocycles. The molecule has 4 bridgehead atoms. The number of carbonyl (C=O) groups excluding carboxylic acids is 2. The molecule has 0 unspecified atom stereocenters. The molecular formula is C22H28N2O2. The number of hydrogen-bond acceptors (Lipinski definition) is 2. The molecule has 6 rings (SSSR count). The van der Waals surface area contributed by atoms with Gasteiger partial charge in [-0.15, -0.1) is 0 Å². The van der Waals surface area contributed by atoms with Gasteiger partial charge < -0.3 is 10.2 Å². The Bertz CT molecular complexity index is 683. The smallest absolute Gasteiger partial charge is 0.227 e. The van der Waals surface area contributed by atoms with E-state index >= 15 is 0 Å². The molecule has 0 radical (unpaired) electrons. The Balaban J connectivity index is 1.20. The zero-order chi connectivity index (χ0) is 17.7. The zero-order valence-electron chi connectivity index (χ0n) is 15.3. The summed E-state index contributed by atoms with van der Waals surface area (Å²) in [6.45, 7) is 1.41. The second-order valence-corrected chi connectivity index (χ2v) is 8.99. The van der Waals surface area contributed by atoms with Gasteiger partial charge in [0.05, 0.1) is 0 Å². The lowest BCUT2D eigenvalue weighted by Crippen LogP contribution is -2.50. The highest BCUT2D eigenvalue weighted by atomic mass is 16.2. The van der Waals surface area contributed by atoms with Gasteiger partial charge >= 0.3 is 0 Å². The molecule has 4 saturated carbocycles. The Morgan fingerprint density at radius 2 is 1.65 bits per heavy atom. The van der Waals surface area contributed by atoms with E-state index < -0.39 is 0 Å². The highest BCUT2D eigenvalue weighted by molar-refractivity contribution is 5.95. The lowest BCUT2D eigenvalue weighted by atomic mass is 9.51. The number of hydrogen-bond donors (Lipinski definition) is 1. The van der Waals surface area contributed by atoms with Gasteiger partial charge in [0.2, 0.25) is 11.8 Å². The predicted octanol–water partition coefficient (Wildman–Crippen LogP) is 3.50. The van der Waals surface area contributed by atoms with Crippen LogP contribution in [-0.4, -0.2) is 18.4 Å². The first-order chi connectivity index (χ1) is 12.7. The first-order valence-electron chi connectivity index (χ1n) is 10.3. The summed E-state index contributed by atoms with van der Waals surface area (Å²) in [4.78, 5) is 26.6. The van der Waals surface area contributed by atoms with Gasteiger partial charge in [0.15, 0.2) is 0 Å². The maximum atomic E-state index is 12.9. The summed E-state index contributed by atoms with van der Waals surface area (Å²) in [7, 11) is 0. The number of carbonyl (C=O) groups is 2. The maximum absolute atomic E-state index is 12.9. The van der Waals surface area contributed by atoms with Crippen LogP contribution in [0.4, 0.5) is 5.69 Å². The van der Waals surface area contributed by atoms with Crippen LogP contribution in [0.5, 0.6) is 0 Å². The summed E-state index contributed by atoms with van der Waals surface area (Å²) < 4.78 is 0. The molecule has 1 saturated heterocycles. The minimum Gasteiger partial charge on any atom is -0.352 e. The van der Waals surface area contributed by atoms with Crippen molar-refractivity contribution in [1.29, 1.82) is 0 Å². The van der Waals surface area contributed by atoms with Crippen LogP contribution in [0.25, 0.3) is 0 Å². The van der Waals surface area contributed by atoms with Gasteiger partial charge in [-0.25, -0.2) is 0 Å². The Labute approximate surface area is 155 Å². The minimum atomic E-state index is 0.216. The quantitative estimate of drug-likeness (QED) is 0.902. The van der Waals surface area contributed by atoms with Gasteiger partial charge in [0, 0.05) is 31.1 Å². The molecule has 1 aliphatic heterocycles. The Kier molecular flexibility index (Phi) is 4.02. The first kappa shape index (κ1) is 16.3. The number of anilines is 1. The van der Waals surface area contributed by atoms with Crippen molar-refractivity contribution in [2.45, 2.75) is 51.5 Å². The minimum absolute atomic E-state index is 0.216. The zero-order valence-corrected chi connectivity index (χ0v) is 15.3. The highest BCUT2D eigenvalue weighted by Crippen LogP contribution is 2.56. The van der Waals surface area contributed by atoms with Gasteiger partial charge in [0.25, 0.3) is 0 Å². The Hall–Kier alpha value is -1.84. The predicted molar refractivity (Wildman–Crippen MR) is 100 cm³/mol. The lowest BCUT2D eigenvalue weighted by molar-refractivity contribution is -0.138. The largest absolute Gasteiger partial charge is 0.352 e. The topological polar surface area (TPSA) is 49.4 Å². The number of rotatable bonds is 4. The molecule has 1 aromatic carbocycles. The van der Waals surface area contributed by atoms with E-state index in [0.29, 0.717) is 24.8 Å². The van der Waals surface area contributed by atoms with Gasteiger partial charge in [-0.1, -0.05) is 12.1 Å². The highest BCUT2D eigenvalue weighted by Gasteiger charge is 2.50. The van der Waals surface area contributed by atoms with Crippen LogP contribution in [0.15, 0.2) is 24.3 Å². The van der Waals surface area contributed by atoms with Crippen molar-refractivity contribution in [3.63, 3.8) is 0 Å². The molecule has 1 heterocycles. The van der Waals surface area contributed by atoms with Crippen molar-refractivity contribution in [2.24, 2.45) is 29.6 Å². The normalized spacial score (nSPS) is 35.2. The molecule has 4 nitrogen and oxygen atoms in total. The van der Waals surface area contributed by atoms with Crippen molar-refractivity contribution in [3.8, 4) is 0 Å². The molecule has 4 heteroatoms. The molecule has 5 fully saturated rings. The summed E-state index contributed by atoms with van der Waals surface area (Å²) in [6, 6.07) is 8.09. The maximum Gasteiger partial charge on any atom is 0.227 e. The molecule has 138 valence electrons. The van der Waals surface area contributed by atoms with Crippen molar-refractivity contribution < 1.29 is 9.59 Å². The second kappa shape index (κ2) is 6.40. The molecule has 0 spiro atoms. The fraction of sp³-hybridized carbons (Fsp3) is 0.636. The van der Waals surface area contributed by atoms with E-state index in [9.17, 15) is 9.59 Å². The van der Waals surface area contributed by atoms with Gasteiger partial charge in [0.1, 0.15) is 0 Å². The third kappa shape index (κ3) is 2.83. The summed E-state index contributed by atoms with van der Waals surface area (Å²) in [6.07, 6.45) is 8.15. The van der Waals surface area contributed by atoms with E-state index in [1.165, 1.54) is 32.1 Å². The molecule has 26 heavy (non-hydrogen) atoms. The van der Waals surface area contributed by atoms with Crippen molar-refractivity contribution in [2.75, 3.05) is 11.4 Å². The summed E-state index contributed by atoms with van der Waals surface area (Å²) in [5.74, 6) is 3.82. The third-order valence-electron chi connectivity index (χ3n) is 7.32. The fourth-order valence-corrected chi connectivity index (χ4v) is 6.38. The van der Waals surface area contributed by atoms with Gasteiger partial charge in [-0.3, -0.25) is 9.59 Å². The number of nitrogens with zero attached hydrogens (tertiary/aromatic N) is 1. The first-order valence-corrected chi connectivity index (χ1v) is 10.3. The summed E-state index contributed by atoms with van der Waals surface area (Å²) in [5, 5.41) is 3.21. The Morgan fingerprint density at radius 1 is 1.00 bits per heavy atom. The van der Waals surface area contributed by atoms with Crippen LogP contribution in [0.3, 0.4) is 0 Å². The van der Waals surface area contributed by atoms with Crippen LogP contribution in [0, 0.1) is 29.6 Å². The lowest BCUT2D eigenvalue weighted by Gasteiger charge is -2.53. The number of nitrogens with one attached hydrogen (secondary N) is 1. The van der Waals surface area contributed by atoms with E-state index in [1.54, 1.807) is 0 Å². The monoisotopic (exact) mass is 352 g/mol. The van der Waals surface area contributed by atoms with E-state index in [0.717, 1.165) is 36.1 Å². The van der Waals surface area contributed by atoms with E-state index in [-0.39, 0.29) is 17.7 Å². The summed E-state index contributed by atoms with van der Waals surface area (Å²) >= 11 is 0. The average molecular weight is 352 g/mol. The molecule has 0 atom stereocenters. The van der Waals surface area contributed by atoms with Crippen LogP contribution in [-0.2, 0) is 16.1 Å². The van der Waals surface area contributed by atoms with E-state index in [4.69, 9.17) is 0 Å². The Morgan fingerprint density at radius 3 is 2.23 bits per heavy atom. The molecular weight excluding hydrogens is 324 g/mol. The molecule has 2 amide bonds. The van der Waals surface area contributed by atoms with Crippen molar-refractivity contribution in [3.05, 3.63) is 29.8 Å². The number of benzene rings is 1. The van der Waals surface area contributed by atoms with Crippen LogP contribution in [0.2, 0.25) is 0 Å². The van der Waals surface area contributed by atoms with Gasteiger partial charge in [-0.05, 0) is 79.9 Å². The second-order valence-electron chi connectivity index (χ2n) is 8.99. The number of amides is 2.